The zero-order valence-electron chi connectivity index (χ0n) is 14.4. The maximum absolute atomic E-state index is 4.67. The van der Waals surface area contributed by atoms with Gasteiger partial charge in [-0.15, -0.1) is 0 Å². The molecule has 124 valence electrons. The highest BCUT2D eigenvalue weighted by atomic mass is 15.2. The van der Waals surface area contributed by atoms with Gasteiger partial charge >= 0.3 is 0 Å². The highest BCUT2D eigenvalue weighted by Gasteiger charge is 2.25. The summed E-state index contributed by atoms with van der Waals surface area (Å²) in [5.74, 6) is 1.90. The van der Waals surface area contributed by atoms with Gasteiger partial charge in [-0.25, -0.2) is 9.97 Å². The van der Waals surface area contributed by atoms with Crippen LogP contribution in [0.3, 0.4) is 0 Å². The first-order chi connectivity index (χ1) is 11.1. The van der Waals surface area contributed by atoms with E-state index in [2.05, 4.69) is 57.5 Å². The second-order valence-corrected chi connectivity index (χ2v) is 6.79. The zero-order chi connectivity index (χ0) is 16.2. The molecular weight excluding hydrogens is 286 g/mol. The van der Waals surface area contributed by atoms with Crippen LogP contribution in [-0.4, -0.2) is 52.7 Å². The molecule has 0 spiro atoms. The fraction of sp³-hybridized carbons (Fsp3) is 0.556. The average Bonchev–Trinajstić information content (AvgIpc) is 3.08. The van der Waals surface area contributed by atoms with E-state index in [1.807, 2.05) is 18.7 Å². The number of piperidine rings is 1. The van der Waals surface area contributed by atoms with Crippen molar-refractivity contribution in [2.75, 3.05) is 32.1 Å². The summed E-state index contributed by atoms with van der Waals surface area (Å²) in [6, 6.07) is 4.99. The smallest absolute Gasteiger partial charge is 0.128 e. The Hall–Kier alpha value is -1.88. The van der Waals surface area contributed by atoms with Crippen LogP contribution in [0, 0.1) is 5.92 Å². The number of anilines is 1. The predicted octanol–water partition coefficient (Wildman–Crippen LogP) is 2.49. The van der Waals surface area contributed by atoms with Crippen molar-refractivity contribution in [3.05, 3.63) is 42.6 Å². The van der Waals surface area contributed by atoms with Gasteiger partial charge in [0.2, 0.25) is 0 Å². The van der Waals surface area contributed by atoms with E-state index in [4.69, 9.17) is 0 Å². The molecule has 0 N–H and O–H groups in total. The number of nitrogens with zero attached hydrogens (tertiary/aromatic N) is 5. The summed E-state index contributed by atoms with van der Waals surface area (Å²) >= 11 is 0. The molecule has 0 aromatic carbocycles. The standard InChI is InChI=1S/C18H27N5/c1-15(21(2)3)17-6-9-23(10-7-17)18-5-4-16(12-20-18)13-22-11-8-19-14-22/h4-5,8,11-12,14-15,17H,6-7,9-10,13H2,1-3H3. The summed E-state index contributed by atoms with van der Waals surface area (Å²) in [6.07, 6.45) is 10.1. The zero-order valence-corrected chi connectivity index (χ0v) is 14.4. The molecule has 23 heavy (non-hydrogen) atoms. The SMILES string of the molecule is CC(C1CCN(c2ccc(Cn3ccnc3)cn2)CC1)N(C)C. The number of imidazole rings is 1. The number of pyridine rings is 1. The molecule has 2 aromatic heterocycles. The summed E-state index contributed by atoms with van der Waals surface area (Å²) in [5.41, 5.74) is 1.21. The molecule has 5 nitrogen and oxygen atoms in total. The largest absolute Gasteiger partial charge is 0.357 e. The first-order valence-electron chi connectivity index (χ1n) is 8.45. The molecule has 0 aliphatic carbocycles. The van der Waals surface area contributed by atoms with E-state index < -0.39 is 0 Å². The lowest BCUT2D eigenvalue weighted by Gasteiger charge is -2.37. The van der Waals surface area contributed by atoms with Gasteiger partial charge in [-0.1, -0.05) is 6.07 Å². The molecule has 0 saturated carbocycles. The van der Waals surface area contributed by atoms with E-state index in [1.54, 1.807) is 6.20 Å². The third-order valence-corrected chi connectivity index (χ3v) is 5.09. The van der Waals surface area contributed by atoms with Crippen LogP contribution < -0.4 is 4.90 Å². The summed E-state index contributed by atoms with van der Waals surface area (Å²) in [6.45, 7) is 5.38. The molecule has 0 bridgehead atoms. The van der Waals surface area contributed by atoms with Gasteiger partial charge in [-0.2, -0.15) is 0 Å². The fourth-order valence-electron chi connectivity index (χ4n) is 3.32. The molecule has 3 rings (SSSR count). The summed E-state index contributed by atoms with van der Waals surface area (Å²) in [4.78, 5) is 13.5. The van der Waals surface area contributed by atoms with Gasteiger partial charge in [0.1, 0.15) is 5.82 Å². The number of hydrogen-bond donors (Lipinski definition) is 0. The normalized spacial score (nSPS) is 17.7. The van der Waals surface area contributed by atoms with Gasteiger partial charge in [-0.3, -0.25) is 0 Å². The number of hydrogen-bond acceptors (Lipinski definition) is 4. The van der Waals surface area contributed by atoms with Gasteiger partial charge in [0.05, 0.1) is 6.33 Å². The van der Waals surface area contributed by atoms with Crippen molar-refractivity contribution >= 4 is 5.82 Å². The van der Waals surface area contributed by atoms with E-state index in [9.17, 15) is 0 Å². The molecular formula is C18H27N5. The summed E-state index contributed by atoms with van der Waals surface area (Å²) in [7, 11) is 4.36. The van der Waals surface area contributed by atoms with Gasteiger partial charge in [0.25, 0.3) is 0 Å². The van der Waals surface area contributed by atoms with Crippen molar-refractivity contribution in [2.45, 2.75) is 32.4 Å². The van der Waals surface area contributed by atoms with Gasteiger partial charge in [-0.05, 0) is 51.4 Å². The molecule has 0 amide bonds. The highest BCUT2D eigenvalue weighted by Crippen LogP contribution is 2.25. The fourth-order valence-corrected chi connectivity index (χ4v) is 3.32. The Balaban J connectivity index is 1.56. The molecule has 1 atom stereocenters. The van der Waals surface area contributed by atoms with Gasteiger partial charge in [0, 0.05) is 44.3 Å². The minimum atomic E-state index is 0.655. The molecule has 2 aromatic rings. The molecule has 3 heterocycles. The molecule has 1 fully saturated rings. The lowest BCUT2D eigenvalue weighted by atomic mass is 9.90. The third kappa shape index (κ3) is 3.91. The van der Waals surface area contributed by atoms with E-state index in [0.29, 0.717) is 6.04 Å². The minimum absolute atomic E-state index is 0.655. The van der Waals surface area contributed by atoms with Crippen LogP contribution in [-0.2, 0) is 6.54 Å². The van der Waals surface area contributed by atoms with E-state index in [-0.39, 0.29) is 0 Å². The second-order valence-electron chi connectivity index (χ2n) is 6.79. The van der Waals surface area contributed by atoms with Crippen LogP contribution in [0.15, 0.2) is 37.1 Å². The van der Waals surface area contributed by atoms with Crippen molar-refractivity contribution in [3.8, 4) is 0 Å². The minimum Gasteiger partial charge on any atom is -0.357 e. The molecule has 1 saturated heterocycles. The Kier molecular flexibility index (Phi) is 4.96. The molecule has 1 aliphatic heterocycles. The molecule has 5 heteroatoms. The van der Waals surface area contributed by atoms with Crippen LogP contribution in [0.5, 0.6) is 0 Å². The Bertz CT molecular complexity index is 582. The Morgan fingerprint density at radius 3 is 2.61 bits per heavy atom. The van der Waals surface area contributed by atoms with Crippen LogP contribution in [0.2, 0.25) is 0 Å². The molecule has 1 unspecified atom stereocenters. The maximum Gasteiger partial charge on any atom is 0.128 e. The van der Waals surface area contributed by atoms with Crippen molar-refractivity contribution in [1.82, 2.24) is 19.4 Å². The average molecular weight is 313 g/mol. The predicted molar refractivity (Wildman–Crippen MR) is 93.7 cm³/mol. The number of rotatable bonds is 5. The van der Waals surface area contributed by atoms with Crippen LogP contribution in [0.4, 0.5) is 5.82 Å². The Labute approximate surface area is 139 Å². The van der Waals surface area contributed by atoms with Crippen molar-refractivity contribution in [1.29, 1.82) is 0 Å². The third-order valence-electron chi connectivity index (χ3n) is 5.09. The van der Waals surface area contributed by atoms with E-state index in [0.717, 1.165) is 31.4 Å². The van der Waals surface area contributed by atoms with Crippen molar-refractivity contribution in [3.63, 3.8) is 0 Å². The number of aromatic nitrogens is 3. The lowest BCUT2D eigenvalue weighted by Crippen LogP contribution is -2.41. The summed E-state index contributed by atoms with van der Waals surface area (Å²) < 4.78 is 2.06. The maximum atomic E-state index is 4.67. The Morgan fingerprint density at radius 1 is 1.26 bits per heavy atom. The van der Waals surface area contributed by atoms with Gasteiger partial charge < -0.3 is 14.4 Å². The van der Waals surface area contributed by atoms with Crippen molar-refractivity contribution in [2.24, 2.45) is 5.92 Å². The topological polar surface area (TPSA) is 37.2 Å². The van der Waals surface area contributed by atoms with E-state index in [1.165, 1.54) is 18.4 Å². The monoisotopic (exact) mass is 313 g/mol. The summed E-state index contributed by atoms with van der Waals surface area (Å²) in [5, 5.41) is 0. The van der Waals surface area contributed by atoms with Crippen LogP contribution in [0.1, 0.15) is 25.3 Å². The highest BCUT2D eigenvalue weighted by molar-refractivity contribution is 5.39. The first kappa shape index (κ1) is 16.0. The Morgan fingerprint density at radius 2 is 2.04 bits per heavy atom. The van der Waals surface area contributed by atoms with Gasteiger partial charge in [0.15, 0.2) is 0 Å². The lowest BCUT2D eigenvalue weighted by molar-refractivity contribution is 0.199. The molecule has 1 aliphatic rings. The van der Waals surface area contributed by atoms with Crippen LogP contribution >= 0.6 is 0 Å². The quantitative estimate of drug-likeness (QED) is 0.850. The van der Waals surface area contributed by atoms with Crippen molar-refractivity contribution < 1.29 is 0 Å². The van der Waals surface area contributed by atoms with Crippen LogP contribution in [0.25, 0.3) is 0 Å². The second kappa shape index (κ2) is 7.13. The molecule has 0 radical (unpaired) electrons. The van der Waals surface area contributed by atoms with E-state index >= 15 is 0 Å². The first-order valence-corrected chi connectivity index (χ1v) is 8.45.